The minimum Gasteiger partial charge on any atom is -0.477 e. The molecule has 10 heavy (non-hydrogen) atoms. The SMILES string of the molecule is Cc1noc(N)c1C(=O)O. The first-order valence-corrected chi connectivity index (χ1v) is 2.58. The van der Waals surface area contributed by atoms with Crippen LogP contribution in [0, 0.1) is 6.92 Å². The summed E-state index contributed by atoms with van der Waals surface area (Å²) in [5, 5.41) is 11.8. The first kappa shape index (κ1) is 6.60. The molecule has 3 N–H and O–H groups in total. The Morgan fingerprint density at radius 2 is 2.40 bits per heavy atom. The van der Waals surface area contributed by atoms with Crippen molar-refractivity contribution in [3.05, 3.63) is 11.3 Å². The predicted octanol–water partition coefficient (Wildman–Crippen LogP) is 0.263. The number of nitrogen functional groups attached to an aromatic ring is 1. The first-order chi connectivity index (χ1) is 4.63. The lowest BCUT2D eigenvalue weighted by Gasteiger charge is -1.86. The van der Waals surface area contributed by atoms with Crippen LogP contribution in [0.2, 0.25) is 0 Å². The van der Waals surface area contributed by atoms with Gasteiger partial charge in [0.25, 0.3) is 0 Å². The van der Waals surface area contributed by atoms with Crippen molar-refractivity contribution in [2.45, 2.75) is 6.92 Å². The molecule has 1 aromatic rings. The molecule has 1 heterocycles. The number of hydrogen-bond donors (Lipinski definition) is 2. The molecule has 1 aromatic heterocycles. The molecule has 0 spiro atoms. The lowest BCUT2D eigenvalue weighted by atomic mass is 10.2. The quantitative estimate of drug-likeness (QED) is 0.587. The zero-order valence-corrected chi connectivity index (χ0v) is 5.29. The third kappa shape index (κ3) is 0.812. The molecule has 0 aliphatic carbocycles. The van der Waals surface area contributed by atoms with Crippen molar-refractivity contribution >= 4 is 11.9 Å². The van der Waals surface area contributed by atoms with Gasteiger partial charge in [-0.05, 0) is 6.92 Å². The normalized spacial score (nSPS) is 9.70. The van der Waals surface area contributed by atoms with Crippen LogP contribution in [-0.4, -0.2) is 16.2 Å². The summed E-state index contributed by atoms with van der Waals surface area (Å²) >= 11 is 0. The smallest absolute Gasteiger partial charge is 0.343 e. The largest absolute Gasteiger partial charge is 0.477 e. The molecule has 1 rings (SSSR count). The van der Waals surface area contributed by atoms with Gasteiger partial charge in [0.15, 0.2) is 0 Å². The van der Waals surface area contributed by atoms with E-state index in [9.17, 15) is 4.79 Å². The van der Waals surface area contributed by atoms with Gasteiger partial charge in [-0.15, -0.1) is 0 Å². The van der Waals surface area contributed by atoms with Gasteiger partial charge in [0.05, 0.1) is 5.69 Å². The Hall–Kier alpha value is -1.52. The van der Waals surface area contributed by atoms with Gasteiger partial charge in [0.2, 0.25) is 5.88 Å². The number of nitrogens with two attached hydrogens (primary N) is 1. The highest BCUT2D eigenvalue weighted by atomic mass is 16.5. The van der Waals surface area contributed by atoms with Crippen LogP contribution in [0.25, 0.3) is 0 Å². The number of anilines is 1. The fraction of sp³-hybridized carbons (Fsp3) is 0.200. The zero-order chi connectivity index (χ0) is 7.72. The molecule has 0 atom stereocenters. The summed E-state index contributed by atoms with van der Waals surface area (Å²) in [4.78, 5) is 10.3. The number of rotatable bonds is 1. The molecule has 0 amide bonds. The molecule has 0 aliphatic heterocycles. The van der Waals surface area contributed by atoms with Crippen LogP contribution in [0.3, 0.4) is 0 Å². The Balaban J connectivity index is 3.23. The second-order valence-electron chi connectivity index (χ2n) is 1.81. The fourth-order valence-electron chi connectivity index (χ4n) is 0.647. The van der Waals surface area contributed by atoms with Gasteiger partial charge < -0.3 is 15.4 Å². The number of carboxylic acids is 1. The van der Waals surface area contributed by atoms with Crippen LogP contribution in [-0.2, 0) is 0 Å². The molecule has 0 aromatic carbocycles. The Morgan fingerprint density at radius 1 is 1.80 bits per heavy atom. The molecule has 0 radical (unpaired) electrons. The minimum absolute atomic E-state index is 0.0556. The highest BCUT2D eigenvalue weighted by molar-refractivity contribution is 5.93. The van der Waals surface area contributed by atoms with Crippen LogP contribution in [0.4, 0.5) is 5.88 Å². The standard InChI is InChI=1S/C5H6N2O3/c1-2-3(5(8)9)4(6)10-7-2/h6H2,1H3,(H,8,9). The van der Waals surface area contributed by atoms with Crippen LogP contribution in [0.5, 0.6) is 0 Å². The Bertz CT molecular complexity index is 246. The van der Waals surface area contributed by atoms with E-state index in [0.29, 0.717) is 5.69 Å². The van der Waals surface area contributed by atoms with Crippen LogP contribution in [0.15, 0.2) is 4.52 Å². The monoisotopic (exact) mass is 142 g/mol. The van der Waals surface area contributed by atoms with Gasteiger partial charge in [-0.2, -0.15) is 0 Å². The van der Waals surface area contributed by atoms with E-state index in [1.165, 1.54) is 6.92 Å². The number of hydrogen-bond acceptors (Lipinski definition) is 4. The second kappa shape index (κ2) is 2.02. The van der Waals surface area contributed by atoms with Crippen LogP contribution >= 0.6 is 0 Å². The topological polar surface area (TPSA) is 89.4 Å². The maximum atomic E-state index is 10.3. The average molecular weight is 142 g/mol. The summed E-state index contributed by atoms with van der Waals surface area (Å²) in [6.45, 7) is 1.52. The van der Waals surface area contributed by atoms with E-state index in [2.05, 4.69) is 9.68 Å². The van der Waals surface area contributed by atoms with Gasteiger partial charge in [-0.1, -0.05) is 5.16 Å². The average Bonchev–Trinajstić information content (AvgIpc) is 2.11. The molecule has 0 unspecified atom stereocenters. The van der Waals surface area contributed by atoms with E-state index in [1.807, 2.05) is 0 Å². The molecule has 0 saturated heterocycles. The minimum atomic E-state index is -1.11. The van der Waals surface area contributed by atoms with Gasteiger partial charge >= 0.3 is 5.97 Å². The van der Waals surface area contributed by atoms with E-state index in [0.717, 1.165) is 0 Å². The lowest BCUT2D eigenvalue weighted by molar-refractivity contribution is 0.0697. The van der Waals surface area contributed by atoms with Gasteiger partial charge in [0.1, 0.15) is 5.56 Å². The molecule has 5 heteroatoms. The third-order valence-corrected chi connectivity index (χ3v) is 1.10. The summed E-state index contributed by atoms with van der Waals surface area (Å²) in [6, 6.07) is 0. The lowest BCUT2D eigenvalue weighted by Crippen LogP contribution is -2.00. The Kier molecular flexibility index (Phi) is 1.33. The van der Waals surface area contributed by atoms with Crippen LogP contribution in [0.1, 0.15) is 16.1 Å². The molecular weight excluding hydrogens is 136 g/mol. The van der Waals surface area contributed by atoms with Crippen molar-refractivity contribution in [3.8, 4) is 0 Å². The van der Waals surface area contributed by atoms with E-state index in [4.69, 9.17) is 10.8 Å². The molecule has 0 aliphatic rings. The maximum absolute atomic E-state index is 10.3. The van der Waals surface area contributed by atoms with Crippen molar-refractivity contribution in [3.63, 3.8) is 0 Å². The van der Waals surface area contributed by atoms with Crippen molar-refractivity contribution < 1.29 is 14.4 Å². The van der Waals surface area contributed by atoms with Gasteiger partial charge in [0, 0.05) is 0 Å². The predicted molar refractivity (Wildman–Crippen MR) is 32.6 cm³/mol. The van der Waals surface area contributed by atoms with Gasteiger partial charge in [-0.25, -0.2) is 4.79 Å². The fourth-order valence-corrected chi connectivity index (χ4v) is 0.647. The molecule has 0 saturated carbocycles. The number of aromatic carboxylic acids is 1. The van der Waals surface area contributed by atoms with Crippen LogP contribution < -0.4 is 5.73 Å². The van der Waals surface area contributed by atoms with E-state index in [-0.39, 0.29) is 11.4 Å². The molecule has 54 valence electrons. The summed E-state index contributed by atoms with van der Waals surface area (Å²) in [7, 11) is 0. The highest BCUT2D eigenvalue weighted by Gasteiger charge is 2.16. The molecular formula is C5H6N2O3. The highest BCUT2D eigenvalue weighted by Crippen LogP contribution is 2.14. The van der Waals surface area contributed by atoms with Gasteiger partial charge in [-0.3, -0.25) is 0 Å². The van der Waals surface area contributed by atoms with E-state index >= 15 is 0 Å². The maximum Gasteiger partial charge on any atom is 0.343 e. The first-order valence-electron chi connectivity index (χ1n) is 2.58. The number of nitrogens with zero attached hydrogens (tertiary/aromatic N) is 1. The summed E-state index contributed by atoms with van der Waals surface area (Å²) < 4.78 is 4.40. The number of aryl methyl sites for hydroxylation is 1. The summed E-state index contributed by atoms with van der Waals surface area (Å²) in [5.41, 5.74) is 5.37. The van der Waals surface area contributed by atoms with Crippen molar-refractivity contribution in [2.75, 3.05) is 5.73 Å². The van der Waals surface area contributed by atoms with Crippen molar-refractivity contribution in [1.29, 1.82) is 0 Å². The third-order valence-electron chi connectivity index (χ3n) is 1.10. The van der Waals surface area contributed by atoms with E-state index < -0.39 is 5.97 Å². The molecule has 0 fully saturated rings. The number of carbonyl (C=O) groups is 1. The molecule has 5 nitrogen and oxygen atoms in total. The zero-order valence-electron chi connectivity index (χ0n) is 5.29. The summed E-state index contributed by atoms with van der Waals surface area (Å²) in [6.07, 6.45) is 0. The van der Waals surface area contributed by atoms with E-state index in [1.54, 1.807) is 0 Å². The van der Waals surface area contributed by atoms with Crippen molar-refractivity contribution in [1.82, 2.24) is 5.16 Å². The number of carboxylic acid groups (broad SMARTS) is 1. The summed E-state index contributed by atoms with van der Waals surface area (Å²) in [5.74, 6) is -1.26. The van der Waals surface area contributed by atoms with Crippen molar-refractivity contribution in [2.24, 2.45) is 0 Å². The Morgan fingerprint density at radius 3 is 2.60 bits per heavy atom. The second-order valence-corrected chi connectivity index (χ2v) is 1.81. The molecule has 0 bridgehead atoms. The Labute approximate surface area is 56.4 Å². The number of aromatic nitrogens is 1.